The van der Waals surface area contributed by atoms with Crippen molar-refractivity contribution in [3.8, 4) is 40.1 Å². The summed E-state index contributed by atoms with van der Waals surface area (Å²) < 4.78 is 27.9. The summed E-state index contributed by atoms with van der Waals surface area (Å²) in [6.07, 6.45) is 0. The summed E-state index contributed by atoms with van der Waals surface area (Å²) in [6.45, 7) is 0.379. The molecule has 0 aliphatic heterocycles. The fourth-order valence-corrected chi connectivity index (χ4v) is 3.41. The summed E-state index contributed by atoms with van der Waals surface area (Å²) in [5, 5.41) is 10.3. The molecule has 4 rings (SSSR count). The Labute approximate surface area is 184 Å². The van der Waals surface area contributed by atoms with E-state index in [-0.39, 0.29) is 28.2 Å². The standard InChI is InChI=1S/C25H22O7/c1-28-17-12-18(26)22-21(13-17)32-24(25(30-3)23(22)27)16-9-10-19(20(11-16)29-2)31-14-15-7-5-4-6-8-15/h4-13,26H,14H2,1-3H3. The Morgan fingerprint density at radius 3 is 2.34 bits per heavy atom. The van der Waals surface area contributed by atoms with E-state index in [9.17, 15) is 9.90 Å². The second-order valence-electron chi connectivity index (χ2n) is 6.95. The quantitative estimate of drug-likeness (QED) is 0.448. The molecule has 0 fully saturated rings. The first-order valence-corrected chi connectivity index (χ1v) is 9.82. The minimum absolute atomic E-state index is 0.0150. The van der Waals surface area contributed by atoms with Gasteiger partial charge >= 0.3 is 0 Å². The van der Waals surface area contributed by atoms with E-state index in [0.717, 1.165) is 5.56 Å². The van der Waals surface area contributed by atoms with Gasteiger partial charge < -0.3 is 28.5 Å². The second kappa shape index (κ2) is 8.93. The molecule has 3 aromatic carbocycles. The van der Waals surface area contributed by atoms with Gasteiger partial charge in [0.25, 0.3) is 0 Å². The van der Waals surface area contributed by atoms with Crippen molar-refractivity contribution in [1.29, 1.82) is 0 Å². The normalized spacial score (nSPS) is 10.7. The number of hydrogen-bond donors (Lipinski definition) is 1. The maximum Gasteiger partial charge on any atom is 0.239 e. The summed E-state index contributed by atoms with van der Waals surface area (Å²) >= 11 is 0. The van der Waals surface area contributed by atoms with Crippen LogP contribution < -0.4 is 24.4 Å². The Kier molecular flexibility index (Phi) is 5.89. The number of aromatic hydroxyl groups is 1. The highest BCUT2D eigenvalue weighted by molar-refractivity contribution is 5.88. The van der Waals surface area contributed by atoms with Crippen LogP contribution >= 0.6 is 0 Å². The van der Waals surface area contributed by atoms with E-state index < -0.39 is 5.43 Å². The molecular formula is C25H22O7. The first kappa shape index (κ1) is 21.1. The predicted octanol–water partition coefficient (Wildman–Crippen LogP) is 4.77. The molecular weight excluding hydrogens is 412 g/mol. The fourth-order valence-electron chi connectivity index (χ4n) is 3.41. The molecule has 0 spiro atoms. The number of methoxy groups -OCH3 is 3. The van der Waals surface area contributed by atoms with Crippen LogP contribution in [0.1, 0.15) is 5.56 Å². The van der Waals surface area contributed by atoms with Gasteiger partial charge in [-0.05, 0) is 23.8 Å². The largest absolute Gasteiger partial charge is 0.507 e. The Hall–Kier alpha value is -4.13. The number of ether oxygens (including phenoxy) is 4. The highest BCUT2D eigenvalue weighted by atomic mass is 16.5. The van der Waals surface area contributed by atoms with Crippen molar-refractivity contribution in [1.82, 2.24) is 0 Å². The van der Waals surface area contributed by atoms with Crippen LogP contribution in [-0.2, 0) is 6.61 Å². The maximum atomic E-state index is 13.0. The molecule has 4 aromatic rings. The van der Waals surface area contributed by atoms with Crippen LogP contribution in [0.15, 0.2) is 69.9 Å². The van der Waals surface area contributed by atoms with Crippen LogP contribution in [0.3, 0.4) is 0 Å². The molecule has 0 aliphatic carbocycles. The SMILES string of the molecule is COc1cc(O)c2c(=O)c(OC)c(-c3ccc(OCc4ccccc4)c(OC)c3)oc2c1. The Balaban J connectivity index is 1.78. The molecule has 7 heteroatoms. The van der Waals surface area contributed by atoms with Crippen LogP contribution in [0.25, 0.3) is 22.3 Å². The molecule has 1 heterocycles. The second-order valence-corrected chi connectivity index (χ2v) is 6.95. The van der Waals surface area contributed by atoms with Crippen LogP contribution in [0.4, 0.5) is 0 Å². The van der Waals surface area contributed by atoms with Gasteiger partial charge in [-0.2, -0.15) is 0 Å². The minimum Gasteiger partial charge on any atom is -0.507 e. The van der Waals surface area contributed by atoms with E-state index in [2.05, 4.69) is 0 Å². The molecule has 0 radical (unpaired) electrons. The Bertz CT molecular complexity index is 1310. The average molecular weight is 434 g/mol. The van der Waals surface area contributed by atoms with Gasteiger partial charge in [-0.25, -0.2) is 0 Å². The smallest absolute Gasteiger partial charge is 0.239 e. The molecule has 0 unspecified atom stereocenters. The molecule has 32 heavy (non-hydrogen) atoms. The minimum atomic E-state index is -0.493. The van der Waals surface area contributed by atoms with Gasteiger partial charge in [-0.15, -0.1) is 0 Å². The maximum absolute atomic E-state index is 13.0. The van der Waals surface area contributed by atoms with Gasteiger partial charge in [-0.1, -0.05) is 30.3 Å². The van der Waals surface area contributed by atoms with Crippen molar-refractivity contribution in [3.63, 3.8) is 0 Å². The Morgan fingerprint density at radius 2 is 1.66 bits per heavy atom. The topological polar surface area (TPSA) is 87.4 Å². The molecule has 1 aromatic heterocycles. The lowest BCUT2D eigenvalue weighted by Gasteiger charge is -2.14. The number of rotatable bonds is 7. The first-order chi connectivity index (χ1) is 15.5. The van der Waals surface area contributed by atoms with E-state index in [1.807, 2.05) is 30.3 Å². The van der Waals surface area contributed by atoms with Crippen LogP contribution in [-0.4, -0.2) is 26.4 Å². The number of fused-ring (bicyclic) bond motifs is 1. The van der Waals surface area contributed by atoms with Crippen molar-refractivity contribution in [2.75, 3.05) is 21.3 Å². The zero-order valence-electron chi connectivity index (χ0n) is 17.9. The zero-order chi connectivity index (χ0) is 22.7. The molecule has 7 nitrogen and oxygen atoms in total. The van der Waals surface area contributed by atoms with Crippen molar-refractivity contribution < 1.29 is 28.5 Å². The van der Waals surface area contributed by atoms with E-state index in [0.29, 0.717) is 29.4 Å². The lowest BCUT2D eigenvalue weighted by Crippen LogP contribution is -2.08. The summed E-state index contributed by atoms with van der Waals surface area (Å²) in [5.41, 5.74) is 1.25. The van der Waals surface area contributed by atoms with E-state index >= 15 is 0 Å². The third kappa shape index (κ3) is 3.92. The highest BCUT2D eigenvalue weighted by Crippen LogP contribution is 2.39. The van der Waals surface area contributed by atoms with Gasteiger partial charge in [0.2, 0.25) is 11.2 Å². The van der Waals surface area contributed by atoms with Crippen molar-refractivity contribution in [2.45, 2.75) is 6.61 Å². The van der Waals surface area contributed by atoms with Crippen molar-refractivity contribution >= 4 is 11.0 Å². The third-order valence-corrected chi connectivity index (χ3v) is 5.01. The van der Waals surface area contributed by atoms with Crippen LogP contribution in [0.2, 0.25) is 0 Å². The third-order valence-electron chi connectivity index (χ3n) is 5.01. The van der Waals surface area contributed by atoms with E-state index in [1.54, 1.807) is 18.2 Å². The molecule has 0 saturated heterocycles. The number of phenolic OH excluding ortho intramolecular Hbond substituents is 1. The summed E-state index contributed by atoms with van der Waals surface area (Å²) in [7, 11) is 4.37. The van der Waals surface area contributed by atoms with Gasteiger partial charge in [0, 0.05) is 17.7 Å². The molecule has 0 bridgehead atoms. The molecule has 0 amide bonds. The average Bonchev–Trinajstić information content (AvgIpc) is 2.82. The first-order valence-electron chi connectivity index (χ1n) is 9.82. The molecule has 0 atom stereocenters. The zero-order valence-corrected chi connectivity index (χ0v) is 17.9. The lowest BCUT2D eigenvalue weighted by atomic mass is 10.1. The number of benzene rings is 3. The Morgan fingerprint density at radius 1 is 0.875 bits per heavy atom. The highest BCUT2D eigenvalue weighted by Gasteiger charge is 2.21. The molecule has 164 valence electrons. The molecule has 1 N–H and O–H groups in total. The lowest BCUT2D eigenvalue weighted by molar-refractivity contribution is 0.284. The van der Waals surface area contributed by atoms with E-state index in [1.165, 1.54) is 33.5 Å². The number of phenols is 1. The summed E-state index contributed by atoms with van der Waals surface area (Å²) in [4.78, 5) is 13.0. The van der Waals surface area contributed by atoms with Gasteiger partial charge in [0.05, 0.1) is 21.3 Å². The monoisotopic (exact) mass is 434 g/mol. The van der Waals surface area contributed by atoms with Gasteiger partial charge in [-0.3, -0.25) is 4.79 Å². The summed E-state index contributed by atoms with van der Waals surface area (Å²) in [5.74, 6) is 1.29. The van der Waals surface area contributed by atoms with Crippen molar-refractivity contribution in [3.05, 3.63) is 76.5 Å². The number of hydrogen-bond acceptors (Lipinski definition) is 7. The van der Waals surface area contributed by atoms with Crippen LogP contribution in [0, 0.1) is 0 Å². The van der Waals surface area contributed by atoms with Gasteiger partial charge in [0.15, 0.2) is 17.3 Å². The van der Waals surface area contributed by atoms with Crippen molar-refractivity contribution in [2.24, 2.45) is 0 Å². The predicted molar refractivity (Wildman–Crippen MR) is 120 cm³/mol. The van der Waals surface area contributed by atoms with Crippen LogP contribution in [0.5, 0.6) is 28.7 Å². The molecule has 0 aliphatic rings. The van der Waals surface area contributed by atoms with Gasteiger partial charge in [0.1, 0.15) is 29.1 Å². The molecule has 0 saturated carbocycles. The fraction of sp³-hybridized carbons (Fsp3) is 0.160. The van der Waals surface area contributed by atoms with E-state index in [4.69, 9.17) is 23.4 Å². The summed E-state index contributed by atoms with van der Waals surface area (Å²) in [6, 6.07) is 17.8.